The van der Waals surface area contributed by atoms with Crippen LogP contribution in [0.5, 0.6) is 0 Å². The number of ketones is 1. The van der Waals surface area contributed by atoms with E-state index in [0.29, 0.717) is 5.56 Å². The van der Waals surface area contributed by atoms with Crippen molar-refractivity contribution < 1.29 is 14.7 Å². The fraction of sp³-hybridized carbons (Fsp3) is 0.222. The topological polar surface area (TPSA) is 67.3 Å². The number of carboxylic acids is 1. The first-order valence-electron chi connectivity index (χ1n) is 3.77. The van der Waals surface area contributed by atoms with Gasteiger partial charge in [-0.3, -0.25) is 9.78 Å². The van der Waals surface area contributed by atoms with Crippen molar-refractivity contribution in [3.05, 3.63) is 29.6 Å². The van der Waals surface area contributed by atoms with E-state index in [1.807, 2.05) is 0 Å². The highest BCUT2D eigenvalue weighted by Crippen LogP contribution is 2.07. The van der Waals surface area contributed by atoms with Crippen LogP contribution in [0, 0.1) is 0 Å². The van der Waals surface area contributed by atoms with Gasteiger partial charge in [0.25, 0.3) is 0 Å². The molecule has 4 nitrogen and oxygen atoms in total. The lowest BCUT2D eigenvalue weighted by molar-refractivity contribution is -0.116. The Morgan fingerprint density at radius 3 is 2.77 bits per heavy atom. The number of carbonyl (C=O) groups excluding carboxylic acids is 1. The van der Waals surface area contributed by atoms with Gasteiger partial charge in [-0.05, 0) is 18.6 Å². The van der Waals surface area contributed by atoms with Crippen LogP contribution < -0.4 is 0 Å². The third-order valence-corrected chi connectivity index (χ3v) is 1.57. The van der Waals surface area contributed by atoms with E-state index in [1.54, 1.807) is 0 Å². The summed E-state index contributed by atoms with van der Waals surface area (Å²) in [6, 6.07) is 1.39. The van der Waals surface area contributed by atoms with E-state index in [0.717, 1.165) is 0 Å². The highest BCUT2D eigenvalue weighted by Gasteiger charge is 2.10. The molecule has 0 unspecified atom stereocenters. The lowest BCUT2D eigenvalue weighted by Gasteiger charge is -2.01. The molecule has 1 rings (SSSR count). The molecule has 0 fully saturated rings. The van der Waals surface area contributed by atoms with Crippen LogP contribution in [-0.2, 0) is 11.2 Å². The van der Waals surface area contributed by atoms with Gasteiger partial charge in [0, 0.05) is 18.8 Å². The number of rotatable bonds is 3. The number of aromatic nitrogens is 1. The number of carbonyl (C=O) groups is 2. The number of aromatic carboxylic acids is 1. The normalized spacial score (nSPS) is 9.62. The van der Waals surface area contributed by atoms with Crippen molar-refractivity contribution in [2.45, 2.75) is 13.3 Å². The molecule has 1 aromatic rings. The number of nitrogens with zero attached hydrogens (tertiary/aromatic N) is 1. The fourth-order valence-corrected chi connectivity index (χ4v) is 1.04. The Hall–Kier alpha value is -1.71. The van der Waals surface area contributed by atoms with Gasteiger partial charge in [0.15, 0.2) is 0 Å². The summed E-state index contributed by atoms with van der Waals surface area (Å²) in [5, 5.41) is 8.74. The maximum atomic E-state index is 10.8. The van der Waals surface area contributed by atoms with Crippen LogP contribution >= 0.6 is 0 Å². The highest BCUT2D eigenvalue weighted by atomic mass is 16.4. The van der Waals surface area contributed by atoms with Crippen LogP contribution in [0.15, 0.2) is 18.5 Å². The van der Waals surface area contributed by atoms with Gasteiger partial charge < -0.3 is 5.11 Å². The zero-order valence-corrected chi connectivity index (χ0v) is 7.15. The monoisotopic (exact) mass is 179 g/mol. The van der Waals surface area contributed by atoms with Gasteiger partial charge in [-0.1, -0.05) is 0 Å². The molecule has 1 heterocycles. The molecule has 0 aromatic carbocycles. The van der Waals surface area contributed by atoms with Crippen LogP contribution in [0.1, 0.15) is 22.8 Å². The Morgan fingerprint density at radius 2 is 2.23 bits per heavy atom. The number of Topliss-reactive ketones (excluding diaryl/α,β-unsaturated/α-hetero) is 1. The first-order valence-corrected chi connectivity index (χ1v) is 3.77. The summed E-state index contributed by atoms with van der Waals surface area (Å²) in [4.78, 5) is 25.2. The van der Waals surface area contributed by atoms with Crippen LogP contribution in [-0.4, -0.2) is 21.8 Å². The van der Waals surface area contributed by atoms with Crippen LogP contribution in [0.4, 0.5) is 0 Å². The molecule has 0 aliphatic carbocycles. The summed E-state index contributed by atoms with van der Waals surface area (Å²) < 4.78 is 0. The van der Waals surface area contributed by atoms with E-state index < -0.39 is 5.97 Å². The fourth-order valence-electron chi connectivity index (χ4n) is 1.04. The van der Waals surface area contributed by atoms with Crippen molar-refractivity contribution in [3.8, 4) is 0 Å². The van der Waals surface area contributed by atoms with E-state index in [9.17, 15) is 9.59 Å². The number of carboxylic acid groups (broad SMARTS) is 1. The summed E-state index contributed by atoms with van der Waals surface area (Å²) in [6.07, 6.45) is 2.92. The number of pyridine rings is 1. The molecule has 0 spiro atoms. The lowest BCUT2D eigenvalue weighted by Crippen LogP contribution is -2.06. The molecule has 0 saturated heterocycles. The van der Waals surface area contributed by atoms with Gasteiger partial charge in [0.05, 0.1) is 5.56 Å². The van der Waals surface area contributed by atoms with Crippen LogP contribution in [0.3, 0.4) is 0 Å². The van der Waals surface area contributed by atoms with Crippen LogP contribution in [0.25, 0.3) is 0 Å². The molecule has 0 bridgehead atoms. The minimum Gasteiger partial charge on any atom is -0.478 e. The summed E-state index contributed by atoms with van der Waals surface area (Å²) in [5.74, 6) is -1.10. The molecule has 0 atom stereocenters. The van der Waals surface area contributed by atoms with Crippen molar-refractivity contribution in [1.82, 2.24) is 4.98 Å². The zero-order chi connectivity index (χ0) is 9.84. The van der Waals surface area contributed by atoms with Gasteiger partial charge >= 0.3 is 5.97 Å². The SMILES string of the molecule is CC(=O)Cc1cnccc1C(=O)O. The second-order valence-corrected chi connectivity index (χ2v) is 2.72. The van der Waals surface area contributed by atoms with E-state index in [2.05, 4.69) is 4.98 Å². The molecule has 0 radical (unpaired) electrons. The standard InChI is InChI=1S/C9H9NO3/c1-6(11)4-7-5-10-3-2-8(7)9(12)13/h2-3,5H,4H2,1H3,(H,12,13). The molecule has 0 saturated carbocycles. The van der Waals surface area contributed by atoms with Gasteiger partial charge in [0.1, 0.15) is 5.78 Å². The van der Waals surface area contributed by atoms with Crippen molar-refractivity contribution in [2.75, 3.05) is 0 Å². The Morgan fingerprint density at radius 1 is 1.54 bits per heavy atom. The van der Waals surface area contributed by atoms with Gasteiger partial charge in [0.2, 0.25) is 0 Å². The predicted molar refractivity (Wildman–Crippen MR) is 45.6 cm³/mol. The molecule has 0 aliphatic rings. The summed E-state index contributed by atoms with van der Waals surface area (Å²) in [6.45, 7) is 1.42. The molecule has 68 valence electrons. The Labute approximate surface area is 75.2 Å². The number of hydrogen-bond acceptors (Lipinski definition) is 3. The van der Waals surface area contributed by atoms with E-state index >= 15 is 0 Å². The highest BCUT2D eigenvalue weighted by molar-refractivity contribution is 5.91. The molecule has 1 aromatic heterocycles. The van der Waals surface area contributed by atoms with Crippen molar-refractivity contribution in [2.24, 2.45) is 0 Å². The first-order chi connectivity index (χ1) is 6.11. The Balaban J connectivity index is 3.04. The molecule has 4 heteroatoms. The lowest BCUT2D eigenvalue weighted by atomic mass is 10.1. The summed E-state index contributed by atoms with van der Waals surface area (Å²) in [7, 11) is 0. The summed E-state index contributed by atoms with van der Waals surface area (Å²) in [5.41, 5.74) is 0.604. The molecule has 13 heavy (non-hydrogen) atoms. The minimum atomic E-state index is -1.03. The Bertz CT molecular complexity index is 346. The Kier molecular flexibility index (Phi) is 2.74. The third kappa shape index (κ3) is 2.37. The molecule has 0 amide bonds. The second-order valence-electron chi connectivity index (χ2n) is 2.72. The average molecular weight is 179 g/mol. The average Bonchev–Trinajstić information content (AvgIpc) is 2.03. The largest absolute Gasteiger partial charge is 0.478 e. The second kappa shape index (κ2) is 3.80. The smallest absolute Gasteiger partial charge is 0.336 e. The molecular formula is C9H9NO3. The molecule has 0 aliphatic heterocycles. The maximum Gasteiger partial charge on any atom is 0.336 e. The number of hydrogen-bond donors (Lipinski definition) is 1. The minimum absolute atomic E-state index is 0.0736. The first kappa shape index (κ1) is 9.38. The van der Waals surface area contributed by atoms with E-state index in [-0.39, 0.29) is 17.8 Å². The van der Waals surface area contributed by atoms with Crippen molar-refractivity contribution >= 4 is 11.8 Å². The summed E-state index contributed by atoms with van der Waals surface area (Å²) >= 11 is 0. The molecular weight excluding hydrogens is 170 g/mol. The van der Waals surface area contributed by atoms with E-state index in [1.165, 1.54) is 25.4 Å². The van der Waals surface area contributed by atoms with Crippen molar-refractivity contribution in [1.29, 1.82) is 0 Å². The quantitative estimate of drug-likeness (QED) is 0.748. The van der Waals surface area contributed by atoms with Crippen molar-refractivity contribution in [3.63, 3.8) is 0 Å². The maximum absolute atomic E-state index is 10.8. The van der Waals surface area contributed by atoms with Gasteiger partial charge in [-0.2, -0.15) is 0 Å². The molecule has 1 N–H and O–H groups in total. The van der Waals surface area contributed by atoms with E-state index in [4.69, 9.17) is 5.11 Å². The van der Waals surface area contributed by atoms with Gasteiger partial charge in [-0.25, -0.2) is 4.79 Å². The zero-order valence-electron chi connectivity index (χ0n) is 7.15. The third-order valence-electron chi connectivity index (χ3n) is 1.57. The predicted octanol–water partition coefficient (Wildman–Crippen LogP) is 0.911. The van der Waals surface area contributed by atoms with Gasteiger partial charge in [-0.15, -0.1) is 0 Å². The van der Waals surface area contributed by atoms with Crippen LogP contribution in [0.2, 0.25) is 0 Å².